The van der Waals surface area contributed by atoms with Crippen LogP contribution in [-0.2, 0) is 14.1 Å². The Bertz CT molecular complexity index is 287. The van der Waals surface area contributed by atoms with Gasteiger partial charge in [0.25, 0.3) is 0 Å². The fourth-order valence-electron chi connectivity index (χ4n) is 1.91. The highest BCUT2D eigenvalue weighted by atomic mass is 16.7. The van der Waals surface area contributed by atoms with Crippen molar-refractivity contribution in [2.24, 2.45) is 0 Å². The summed E-state index contributed by atoms with van der Waals surface area (Å²) in [6.45, 7) is 12.1. The van der Waals surface area contributed by atoms with Crippen LogP contribution in [0.2, 0.25) is 6.32 Å². The van der Waals surface area contributed by atoms with E-state index >= 15 is 0 Å². The molecule has 1 aliphatic heterocycles. The molecular weight excluding hydrogens is 229 g/mol. The highest BCUT2D eigenvalue weighted by Gasteiger charge is 2.50. The summed E-state index contributed by atoms with van der Waals surface area (Å²) in [5, 5.41) is 2.88. The number of rotatable bonds is 5. The predicted molar refractivity (Wildman–Crippen MR) is 73.4 cm³/mol. The van der Waals surface area contributed by atoms with Crippen molar-refractivity contribution in [1.29, 1.82) is 0 Å². The van der Waals surface area contributed by atoms with Crippen molar-refractivity contribution in [3.63, 3.8) is 0 Å². The first-order chi connectivity index (χ1) is 8.14. The molecule has 0 radical (unpaired) electrons. The second-order valence-corrected chi connectivity index (χ2v) is 6.30. The van der Waals surface area contributed by atoms with Crippen molar-refractivity contribution >= 4 is 13.0 Å². The van der Waals surface area contributed by atoms with E-state index in [1.807, 2.05) is 41.5 Å². The van der Waals surface area contributed by atoms with E-state index in [0.717, 1.165) is 12.7 Å². The zero-order valence-corrected chi connectivity index (χ0v) is 12.5. The van der Waals surface area contributed by atoms with Gasteiger partial charge in [-0.25, -0.2) is 0 Å². The monoisotopic (exact) mass is 255 g/mol. The summed E-state index contributed by atoms with van der Waals surface area (Å²) in [7, 11) is -0.193. The summed E-state index contributed by atoms with van der Waals surface area (Å²) in [5.74, 6) is 0.0986. The van der Waals surface area contributed by atoms with Crippen molar-refractivity contribution in [3.05, 3.63) is 0 Å². The smallest absolute Gasteiger partial charge is 0.403 e. The number of hydrogen-bond donors (Lipinski definition) is 1. The average Bonchev–Trinajstić information content (AvgIpc) is 2.33. The lowest BCUT2D eigenvalue weighted by Gasteiger charge is -2.32. The molecule has 1 rings (SSSR count). The predicted octanol–water partition coefficient (Wildman–Crippen LogP) is 2.38. The van der Waals surface area contributed by atoms with Crippen LogP contribution in [0.4, 0.5) is 0 Å². The van der Waals surface area contributed by atoms with E-state index in [2.05, 4.69) is 5.32 Å². The van der Waals surface area contributed by atoms with E-state index in [4.69, 9.17) is 9.31 Å². The summed E-state index contributed by atoms with van der Waals surface area (Å²) < 4.78 is 11.7. The SMILES string of the molecule is CC(C)NC(=O)CCCB1OC(C)(C)C(C)(C)O1. The van der Waals surface area contributed by atoms with Gasteiger partial charge in [-0.15, -0.1) is 0 Å². The maximum absolute atomic E-state index is 11.5. The zero-order valence-electron chi connectivity index (χ0n) is 12.5. The van der Waals surface area contributed by atoms with Crippen molar-refractivity contribution in [3.8, 4) is 0 Å². The van der Waals surface area contributed by atoms with Gasteiger partial charge in [0, 0.05) is 12.5 Å². The second-order valence-electron chi connectivity index (χ2n) is 6.30. The van der Waals surface area contributed by atoms with Gasteiger partial charge >= 0.3 is 7.12 Å². The fraction of sp³-hybridized carbons (Fsp3) is 0.923. The molecule has 0 unspecified atom stereocenters. The molecule has 18 heavy (non-hydrogen) atoms. The molecule has 0 aliphatic carbocycles. The summed E-state index contributed by atoms with van der Waals surface area (Å²) in [6.07, 6.45) is 2.08. The average molecular weight is 255 g/mol. The molecule has 1 aliphatic rings. The van der Waals surface area contributed by atoms with Gasteiger partial charge in [0.2, 0.25) is 5.91 Å². The largest absolute Gasteiger partial charge is 0.457 e. The van der Waals surface area contributed by atoms with Gasteiger partial charge in [0.15, 0.2) is 0 Å². The molecule has 104 valence electrons. The molecule has 1 saturated heterocycles. The highest BCUT2D eigenvalue weighted by Crippen LogP contribution is 2.37. The van der Waals surface area contributed by atoms with Crippen molar-refractivity contribution < 1.29 is 14.1 Å². The quantitative estimate of drug-likeness (QED) is 0.767. The summed E-state index contributed by atoms with van der Waals surface area (Å²) >= 11 is 0. The van der Waals surface area contributed by atoms with E-state index in [0.29, 0.717) is 6.42 Å². The molecule has 0 aromatic carbocycles. The zero-order chi connectivity index (χ0) is 14.0. The highest BCUT2D eigenvalue weighted by molar-refractivity contribution is 6.45. The molecule has 0 aromatic heterocycles. The van der Waals surface area contributed by atoms with Crippen LogP contribution in [0, 0.1) is 0 Å². The van der Waals surface area contributed by atoms with Gasteiger partial charge in [-0.3, -0.25) is 4.79 Å². The minimum atomic E-state index is -0.280. The number of nitrogens with one attached hydrogen (secondary N) is 1. The molecule has 1 N–H and O–H groups in total. The Kier molecular flexibility index (Phi) is 4.84. The third-order valence-corrected chi connectivity index (χ3v) is 3.60. The number of amides is 1. The van der Waals surface area contributed by atoms with Crippen molar-refractivity contribution in [2.75, 3.05) is 0 Å². The van der Waals surface area contributed by atoms with Crippen molar-refractivity contribution in [1.82, 2.24) is 5.32 Å². The Hall–Kier alpha value is -0.545. The van der Waals surface area contributed by atoms with Gasteiger partial charge in [0.05, 0.1) is 11.2 Å². The topological polar surface area (TPSA) is 47.6 Å². The van der Waals surface area contributed by atoms with Gasteiger partial charge < -0.3 is 14.6 Å². The minimum Gasteiger partial charge on any atom is -0.403 e. The second kappa shape index (κ2) is 5.62. The van der Waals surface area contributed by atoms with Gasteiger partial charge in [-0.05, 0) is 54.3 Å². The van der Waals surface area contributed by atoms with Crippen LogP contribution in [0.25, 0.3) is 0 Å². The molecule has 0 saturated carbocycles. The summed E-state index contributed by atoms with van der Waals surface area (Å²) in [5.41, 5.74) is -0.560. The Morgan fingerprint density at radius 1 is 1.17 bits per heavy atom. The van der Waals surface area contributed by atoms with E-state index in [1.165, 1.54) is 0 Å². The van der Waals surface area contributed by atoms with Crippen LogP contribution in [0.15, 0.2) is 0 Å². The van der Waals surface area contributed by atoms with Crippen molar-refractivity contribution in [2.45, 2.75) is 77.9 Å². The lowest BCUT2D eigenvalue weighted by molar-refractivity contribution is -0.121. The van der Waals surface area contributed by atoms with E-state index in [9.17, 15) is 4.79 Å². The maximum atomic E-state index is 11.5. The van der Waals surface area contributed by atoms with Gasteiger partial charge in [0.1, 0.15) is 0 Å². The van der Waals surface area contributed by atoms with Gasteiger partial charge in [-0.2, -0.15) is 0 Å². The Labute approximate surface area is 111 Å². The summed E-state index contributed by atoms with van der Waals surface area (Å²) in [4.78, 5) is 11.5. The van der Waals surface area contributed by atoms with Crippen LogP contribution < -0.4 is 5.32 Å². The first-order valence-electron chi connectivity index (χ1n) is 6.79. The number of carbonyl (C=O) groups excluding carboxylic acids is 1. The van der Waals surface area contributed by atoms with E-state index < -0.39 is 0 Å². The lowest BCUT2D eigenvalue weighted by atomic mass is 9.82. The molecule has 1 fully saturated rings. The Morgan fingerprint density at radius 2 is 1.67 bits per heavy atom. The number of carbonyl (C=O) groups is 1. The van der Waals surface area contributed by atoms with Crippen LogP contribution in [-0.4, -0.2) is 30.3 Å². The van der Waals surface area contributed by atoms with Crippen LogP contribution in [0.3, 0.4) is 0 Å². The third-order valence-electron chi connectivity index (χ3n) is 3.60. The Morgan fingerprint density at radius 3 is 2.11 bits per heavy atom. The first-order valence-corrected chi connectivity index (χ1v) is 6.79. The molecule has 0 spiro atoms. The number of hydrogen-bond acceptors (Lipinski definition) is 3. The molecule has 1 amide bonds. The van der Waals surface area contributed by atoms with E-state index in [1.54, 1.807) is 0 Å². The lowest BCUT2D eigenvalue weighted by Crippen LogP contribution is -2.41. The first kappa shape index (κ1) is 15.5. The molecule has 0 aromatic rings. The van der Waals surface area contributed by atoms with Crippen LogP contribution in [0.1, 0.15) is 54.4 Å². The van der Waals surface area contributed by atoms with Crippen LogP contribution in [0.5, 0.6) is 0 Å². The minimum absolute atomic E-state index is 0.0986. The Balaban J connectivity index is 2.28. The maximum Gasteiger partial charge on any atom is 0.457 e. The van der Waals surface area contributed by atoms with Crippen LogP contribution >= 0.6 is 0 Å². The standard InChI is InChI=1S/C13H26BNO3/c1-10(2)15-11(16)8-7-9-14-17-12(3,4)13(5,6)18-14/h10H,7-9H2,1-6H3,(H,15,16). The van der Waals surface area contributed by atoms with E-state index in [-0.39, 0.29) is 30.3 Å². The fourth-order valence-corrected chi connectivity index (χ4v) is 1.91. The third kappa shape index (κ3) is 3.99. The molecule has 4 nitrogen and oxygen atoms in total. The molecule has 0 atom stereocenters. The molecular formula is C13H26BNO3. The van der Waals surface area contributed by atoms with Gasteiger partial charge in [-0.1, -0.05) is 0 Å². The molecule has 1 heterocycles. The molecule has 5 heteroatoms. The summed E-state index contributed by atoms with van der Waals surface area (Å²) in [6, 6.07) is 0.203. The molecule has 0 bridgehead atoms. The normalized spacial score (nSPS) is 21.4.